The van der Waals surface area contributed by atoms with Gasteiger partial charge in [-0.15, -0.1) is 0 Å². The van der Waals surface area contributed by atoms with Crippen LogP contribution in [0.5, 0.6) is 0 Å². The third kappa shape index (κ3) is 2.79. The number of nitriles is 1. The lowest BCUT2D eigenvalue weighted by Gasteiger charge is -2.15. The first-order chi connectivity index (χ1) is 7.19. The second kappa shape index (κ2) is 5.13. The van der Waals surface area contributed by atoms with Crippen LogP contribution in [0, 0.1) is 11.3 Å². The molecule has 0 heterocycles. The molecule has 0 saturated carbocycles. The minimum atomic E-state index is -0.193. The van der Waals surface area contributed by atoms with Crippen LogP contribution in [0.4, 0.5) is 0 Å². The number of aliphatic hydroxyl groups is 1. The smallest absolute Gasteiger partial charge is 0.253 e. The number of amides is 1. The minimum absolute atomic E-state index is 0.0693. The van der Waals surface area contributed by atoms with Crippen molar-refractivity contribution < 1.29 is 9.90 Å². The molecule has 0 saturated heterocycles. The molecule has 0 spiro atoms. The highest BCUT2D eigenvalue weighted by Gasteiger charge is 2.10. The minimum Gasteiger partial charge on any atom is -0.395 e. The van der Waals surface area contributed by atoms with Crippen molar-refractivity contribution in [1.82, 2.24) is 4.90 Å². The van der Waals surface area contributed by atoms with Gasteiger partial charge >= 0.3 is 0 Å². The zero-order chi connectivity index (χ0) is 11.3. The van der Waals surface area contributed by atoms with Crippen LogP contribution in [0.25, 0.3) is 0 Å². The maximum atomic E-state index is 11.7. The topological polar surface area (TPSA) is 64.3 Å². The average Bonchev–Trinajstić information content (AvgIpc) is 2.28. The third-order valence-corrected chi connectivity index (χ3v) is 2.02. The van der Waals surface area contributed by atoms with E-state index in [2.05, 4.69) is 0 Å². The Labute approximate surface area is 88.4 Å². The van der Waals surface area contributed by atoms with Crippen LogP contribution in [-0.2, 0) is 0 Å². The van der Waals surface area contributed by atoms with Gasteiger partial charge in [0.15, 0.2) is 0 Å². The number of nitrogens with zero attached hydrogens (tertiary/aromatic N) is 2. The van der Waals surface area contributed by atoms with Crippen LogP contribution >= 0.6 is 0 Å². The molecule has 0 bridgehead atoms. The predicted molar refractivity (Wildman–Crippen MR) is 55.2 cm³/mol. The van der Waals surface area contributed by atoms with Crippen LogP contribution in [0.2, 0.25) is 0 Å². The summed E-state index contributed by atoms with van der Waals surface area (Å²) in [5.41, 5.74) is 0.920. The lowest BCUT2D eigenvalue weighted by Crippen LogP contribution is -2.29. The Morgan fingerprint density at radius 2 is 2.33 bits per heavy atom. The Hall–Kier alpha value is -1.86. The van der Waals surface area contributed by atoms with Crippen molar-refractivity contribution in [1.29, 1.82) is 5.26 Å². The van der Waals surface area contributed by atoms with Gasteiger partial charge < -0.3 is 10.0 Å². The van der Waals surface area contributed by atoms with Crippen molar-refractivity contribution in [3.05, 3.63) is 35.4 Å². The molecule has 15 heavy (non-hydrogen) atoms. The number of hydrogen-bond donors (Lipinski definition) is 1. The molecule has 0 aliphatic carbocycles. The van der Waals surface area contributed by atoms with Gasteiger partial charge in [-0.1, -0.05) is 6.07 Å². The summed E-state index contributed by atoms with van der Waals surface area (Å²) in [5, 5.41) is 17.4. The zero-order valence-electron chi connectivity index (χ0n) is 8.47. The van der Waals surface area contributed by atoms with E-state index in [9.17, 15) is 4.79 Å². The SMILES string of the molecule is CN(CCO)C(=O)c1cccc(C#N)c1. The largest absolute Gasteiger partial charge is 0.395 e. The normalized spacial score (nSPS) is 9.40. The van der Waals surface area contributed by atoms with E-state index in [-0.39, 0.29) is 19.1 Å². The second-order valence-electron chi connectivity index (χ2n) is 3.14. The Morgan fingerprint density at radius 1 is 1.60 bits per heavy atom. The van der Waals surface area contributed by atoms with Gasteiger partial charge in [0.25, 0.3) is 5.91 Å². The van der Waals surface area contributed by atoms with Gasteiger partial charge in [0, 0.05) is 19.2 Å². The molecule has 4 heteroatoms. The van der Waals surface area contributed by atoms with Crippen LogP contribution in [-0.4, -0.2) is 36.1 Å². The van der Waals surface area contributed by atoms with Crippen molar-refractivity contribution in [2.24, 2.45) is 0 Å². The molecular formula is C11H12N2O2. The molecule has 1 rings (SSSR count). The first kappa shape index (κ1) is 11.2. The van der Waals surface area contributed by atoms with Crippen molar-refractivity contribution in [2.75, 3.05) is 20.2 Å². The fraction of sp³-hybridized carbons (Fsp3) is 0.273. The summed E-state index contributed by atoms with van der Waals surface area (Å²) in [6.07, 6.45) is 0. The highest BCUT2D eigenvalue weighted by Crippen LogP contribution is 2.06. The summed E-state index contributed by atoms with van der Waals surface area (Å²) in [6.45, 7) is 0.218. The fourth-order valence-corrected chi connectivity index (χ4v) is 1.19. The van der Waals surface area contributed by atoms with Gasteiger partial charge in [-0.05, 0) is 18.2 Å². The zero-order valence-corrected chi connectivity index (χ0v) is 8.47. The van der Waals surface area contributed by atoms with Crippen molar-refractivity contribution in [2.45, 2.75) is 0 Å². The molecule has 0 unspecified atom stereocenters. The Kier molecular flexibility index (Phi) is 3.83. The molecular weight excluding hydrogens is 192 g/mol. The molecule has 0 aromatic heterocycles. The lowest BCUT2D eigenvalue weighted by molar-refractivity contribution is 0.0767. The van der Waals surface area contributed by atoms with Crippen molar-refractivity contribution in [3.8, 4) is 6.07 Å². The molecule has 0 aliphatic rings. The van der Waals surface area contributed by atoms with Crippen molar-refractivity contribution in [3.63, 3.8) is 0 Å². The van der Waals surface area contributed by atoms with E-state index in [4.69, 9.17) is 10.4 Å². The predicted octanol–water partition coefficient (Wildman–Crippen LogP) is 0.623. The third-order valence-electron chi connectivity index (χ3n) is 2.02. The summed E-state index contributed by atoms with van der Waals surface area (Å²) in [6, 6.07) is 8.47. The van der Waals surface area contributed by atoms with Gasteiger partial charge in [-0.2, -0.15) is 5.26 Å². The standard InChI is InChI=1S/C11H12N2O2/c1-13(5-6-14)11(15)10-4-2-3-9(7-10)8-12/h2-4,7,14H,5-6H2,1H3. The number of carbonyl (C=O) groups is 1. The first-order valence-corrected chi connectivity index (χ1v) is 4.55. The molecule has 1 aromatic rings. The Balaban J connectivity index is 2.87. The summed E-state index contributed by atoms with van der Waals surface area (Å²) < 4.78 is 0. The van der Waals surface area contributed by atoms with Gasteiger partial charge in [0.1, 0.15) is 0 Å². The molecule has 1 N–H and O–H groups in total. The molecule has 0 radical (unpaired) electrons. The van der Waals surface area contributed by atoms with Crippen LogP contribution < -0.4 is 0 Å². The maximum Gasteiger partial charge on any atom is 0.253 e. The van der Waals surface area contributed by atoms with Crippen LogP contribution in [0.3, 0.4) is 0 Å². The maximum absolute atomic E-state index is 11.7. The van der Waals surface area contributed by atoms with Gasteiger partial charge in [-0.25, -0.2) is 0 Å². The Morgan fingerprint density at radius 3 is 2.93 bits per heavy atom. The van der Waals surface area contributed by atoms with Crippen LogP contribution in [0.1, 0.15) is 15.9 Å². The molecule has 0 aliphatic heterocycles. The molecule has 0 atom stereocenters. The molecule has 0 fully saturated rings. The number of likely N-dealkylation sites (N-methyl/N-ethyl adjacent to an activating group) is 1. The van der Waals surface area contributed by atoms with E-state index in [1.165, 1.54) is 11.0 Å². The number of rotatable bonds is 3. The molecule has 1 amide bonds. The van der Waals surface area contributed by atoms with E-state index >= 15 is 0 Å². The Bertz CT molecular complexity index is 396. The second-order valence-corrected chi connectivity index (χ2v) is 3.14. The highest BCUT2D eigenvalue weighted by atomic mass is 16.3. The summed E-state index contributed by atoms with van der Waals surface area (Å²) in [7, 11) is 1.61. The van der Waals surface area contributed by atoms with Gasteiger partial charge in [-0.3, -0.25) is 4.79 Å². The molecule has 4 nitrogen and oxygen atoms in total. The first-order valence-electron chi connectivity index (χ1n) is 4.55. The lowest BCUT2D eigenvalue weighted by atomic mass is 10.1. The number of benzene rings is 1. The highest BCUT2D eigenvalue weighted by molar-refractivity contribution is 5.94. The number of hydrogen-bond acceptors (Lipinski definition) is 3. The van der Waals surface area contributed by atoms with E-state index in [0.29, 0.717) is 11.1 Å². The fourth-order valence-electron chi connectivity index (χ4n) is 1.19. The summed E-state index contributed by atoms with van der Waals surface area (Å²) >= 11 is 0. The van der Waals surface area contributed by atoms with Gasteiger partial charge in [0.2, 0.25) is 0 Å². The monoisotopic (exact) mass is 204 g/mol. The number of carbonyl (C=O) groups excluding carboxylic acids is 1. The van der Waals surface area contributed by atoms with Crippen molar-refractivity contribution >= 4 is 5.91 Å². The summed E-state index contributed by atoms with van der Waals surface area (Å²) in [5.74, 6) is -0.193. The van der Waals surface area contributed by atoms with E-state index in [1.807, 2.05) is 6.07 Å². The summed E-state index contributed by atoms with van der Waals surface area (Å²) in [4.78, 5) is 13.1. The quantitative estimate of drug-likeness (QED) is 0.785. The molecule has 78 valence electrons. The van der Waals surface area contributed by atoms with Crippen LogP contribution in [0.15, 0.2) is 24.3 Å². The van der Waals surface area contributed by atoms with E-state index in [0.717, 1.165) is 0 Å². The number of aliphatic hydroxyl groups excluding tert-OH is 1. The molecule has 1 aromatic carbocycles. The van der Waals surface area contributed by atoms with E-state index in [1.54, 1.807) is 25.2 Å². The average molecular weight is 204 g/mol. The van der Waals surface area contributed by atoms with E-state index < -0.39 is 0 Å². The van der Waals surface area contributed by atoms with Gasteiger partial charge in [0.05, 0.1) is 18.2 Å².